The van der Waals surface area contributed by atoms with Gasteiger partial charge >= 0.3 is 12.1 Å². The Bertz CT molecular complexity index is 1000. The van der Waals surface area contributed by atoms with E-state index in [9.17, 15) is 19.5 Å². The van der Waals surface area contributed by atoms with Crippen LogP contribution in [0.15, 0.2) is 48.5 Å². The minimum Gasteiger partial charge on any atom is -0.480 e. The Morgan fingerprint density at radius 3 is 2.12 bits per heavy atom. The van der Waals surface area contributed by atoms with E-state index in [1.165, 1.54) is 0 Å². The van der Waals surface area contributed by atoms with Crippen LogP contribution in [-0.4, -0.2) is 41.3 Å². The molecule has 4 rings (SSSR count). The zero-order valence-corrected chi connectivity index (χ0v) is 18.3. The van der Waals surface area contributed by atoms with E-state index >= 15 is 0 Å². The molecule has 0 aromatic heterocycles. The van der Waals surface area contributed by atoms with Crippen molar-refractivity contribution in [3.05, 3.63) is 59.7 Å². The summed E-state index contributed by atoms with van der Waals surface area (Å²) in [5, 5.41) is 14.7. The van der Waals surface area contributed by atoms with Crippen LogP contribution in [0.3, 0.4) is 0 Å². The van der Waals surface area contributed by atoms with Gasteiger partial charge in [0.1, 0.15) is 18.2 Å². The second kappa shape index (κ2) is 8.65. The Balaban J connectivity index is 1.39. The van der Waals surface area contributed by atoms with Crippen molar-refractivity contribution in [3.8, 4) is 11.1 Å². The Kier molecular flexibility index (Phi) is 5.91. The predicted octanol–water partition coefficient (Wildman–Crippen LogP) is 3.67. The molecule has 0 radical (unpaired) electrons. The third-order valence-corrected chi connectivity index (χ3v) is 6.64. The molecule has 2 aliphatic carbocycles. The van der Waals surface area contributed by atoms with Crippen LogP contribution < -0.4 is 10.6 Å². The maximum atomic E-state index is 12.7. The zero-order chi connectivity index (χ0) is 22.9. The van der Waals surface area contributed by atoms with Gasteiger partial charge in [0, 0.05) is 5.92 Å². The molecule has 0 unspecified atom stereocenters. The molecule has 2 aliphatic rings. The summed E-state index contributed by atoms with van der Waals surface area (Å²) in [6, 6.07) is 15.1. The summed E-state index contributed by atoms with van der Waals surface area (Å²) < 4.78 is 5.54. The first-order valence-electron chi connectivity index (χ1n) is 11.0. The van der Waals surface area contributed by atoms with Crippen molar-refractivity contribution >= 4 is 18.0 Å². The summed E-state index contributed by atoms with van der Waals surface area (Å²) in [5.41, 5.74) is 3.40. The molecule has 168 valence electrons. The number of alkyl carbamates (subject to hydrolysis) is 1. The normalized spacial score (nSPS) is 17.4. The maximum Gasteiger partial charge on any atom is 0.408 e. The van der Waals surface area contributed by atoms with Crippen molar-refractivity contribution < 1.29 is 24.2 Å². The van der Waals surface area contributed by atoms with Crippen molar-refractivity contribution in [2.24, 2.45) is 5.92 Å². The number of carbonyl (C=O) groups is 3. The van der Waals surface area contributed by atoms with Gasteiger partial charge in [-0.2, -0.15) is 0 Å². The molecule has 0 heterocycles. The van der Waals surface area contributed by atoms with Crippen molar-refractivity contribution in [3.63, 3.8) is 0 Å². The van der Waals surface area contributed by atoms with E-state index in [2.05, 4.69) is 22.8 Å². The molecular weight excluding hydrogens is 408 g/mol. The van der Waals surface area contributed by atoms with Gasteiger partial charge in [-0.3, -0.25) is 4.79 Å². The molecule has 7 heteroatoms. The van der Waals surface area contributed by atoms with Gasteiger partial charge in [-0.25, -0.2) is 9.59 Å². The second-order valence-electron chi connectivity index (χ2n) is 8.71. The van der Waals surface area contributed by atoms with E-state index in [0.717, 1.165) is 22.3 Å². The highest BCUT2D eigenvalue weighted by molar-refractivity contribution is 5.95. The third-order valence-electron chi connectivity index (χ3n) is 6.64. The smallest absolute Gasteiger partial charge is 0.408 e. The fourth-order valence-electron chi connectivity index (χ4n) is 4.33. The lowest BCUT2D eigenvalue weighted by Gasteiger charge is -2.24. The van der Waals surface area contributed by atoms with Crippen LogP contribution >= 0.6 is 0 Å². The topological polar surface area (TPSA) is 105 Å². The molecule has 2 aromatic carbocycles. The van der Waals surface area contributed by atoms with Gasteiger partial charge in [0.25, 0.3) is 0 Å². The Hall–Kier alpha value is -3.35. The van der Waals surface area contributed by atoms with Gasteiger partial charge < -0.3 is 20.5 Å². The van der Waals surface area contributed by atoms with E-state index in [1.807, 2.05) is 43.3 Å². The highest BCUT2D eigenvalue weighted by Crippen LogP contribution is 2.44. The quantitative estimate of drug-likeness (QED) is 0.586. The monoisotopic (exact) mass is 436 g/mol. The molecular formula is C25H28N2O5. The number of ether oxygens (including phenoxy) is 1. The molecule has 2 atom stereocenters. The molecule has 3 N–H and O–H groups in total. The number of carbonyl (C=O) groups excluding carboxylic acids is 2. The van der Waals surface area contributed by atoms with Crippen LogP contribution in [-0.2, 0) is 14.3 Å². The lowest BCUT2D eigenvalue weighted by Crippen LogP contribution is -2.55. The summed E-state index contributed by atoms with van der Waals surface area (Å²) in [4.78, 5) is 36.8. The summed E-state index contributed by atoms with van der Waals surface area (Å²) in [6.45, 7) is 3.80. The number of carboxylic acids is 1. The molecule has 1 fully saturated rings. The SMILES string of the molecule is CC[C@H](C)[C@H](NC(=O)C1(NC(=O)OCC2c3ccccc3-c3ccccc32)CC1)C(=O)O. The number of hydrogen-bond acceptors (Lipinski definition) is 4. The van der Waals surface area contributed by atoms with Crippen LogP contribution in [0.4, 0.5) is 4.79 Å². The van der Waals surface area contributed by atoms with Crippen LogP contribution in [0.2, 0.25) is 0 Å². The Morgan fingerprint density at radius 2 is 1.62 bits per heavy atom. The van der Waals surface area contributed by atoms with Gasteiger partial charge in [0.2, 0.25) is 5.91 Å². The molecule has 32 heavy (non-hydrogen) atoms. The summed E-state index contributed by atoms with van der Waals surface area (Å²) in [5.74, 6) is -1.84. The molecule has 0 saturated heterocycles. The van der Waals surface area contributed by atoms with Crippen molar-refractivity contribution in [2.45, 2.75) is 50.6 Å². The van der Waals surface area contributed by atoms with Crippen molar-refractivity contribution in [1.82, 2.24) is 10.6 Å². The zero-order valence-electron chi connectivity index (χ0n) is 18.3. The largest absolute Gasteiger partial charge is 0.480 e. The summed E-state index contributed by atoms with van der Waals surface area (Å²) >= 11 is 0. The van der Waals surface area contributed by atoms with Gasteiger partial charge in [-0.1, -0.05) is 68.8 Å². The lowest BCUT2D eigenvalue weighted by molar-refractivity contribution is -0.143. The van der Waals surface area contributed by atoms with Gasteiger partial charge in [-0.05, 0) is 41.0 Å². The van der Waals surface area contributed by atoms with Crippen molar-refractivity contribution in [2.75, 3.05) is 6.61 Å². The number of benzene rings is 2. The fraction of sp³-hybridized carbons (Fsp3) is 0.400. The first-order chi connectivity index (χ1) is 15.4. The standard InChI is InChI=1S/C25H28N2O5/c1-3-15(2)21(22(28)29)26-23(30)25(12-13-25)27-24(31)32-14-20-18-10-6-4-8-16(18)17-9-5-7-11-19(17)20/h4-11,15,20-21H,3,12-14H2,1-2H3,(H,26,30)(H,27,31)(H,28,29)/t15-,21-/m0/s1. The van der Waals surface area contributed by atoms with E-state index in [4.69, 9.17) is 4.74 Å². The minimum absolute atomic E-state index is 0.0704. The average Bonchev–Trinajstić information content (AvgIpc) is 3.50. The summed E-state index contributed by atoms with van der Waals surface area (Å²) in [6.07, 6.45) is 0.852. The Labute approximate surface area is 187 Å². The molecule has 2 aromatic rings. The van der Waals surface area contributed by atoms with Crippen LogP contribution in [0.5, 0.6) is 0 Å². The number of nitrogens with one attached hydrogen (secondary N) is 2. The number of hydrogen-bond donors (Lipinski definition) is 3. The van der Waals surface area contributed by atoms with Gasteiger partial charge in [0.15, 0.2) is 0 Å². The second-order valence-corrected chi connectivity index (χ2v) is 8.71. The number of amides is 2. The molecule has 2 amide bonds. The van der Waals surface area contributed by atoms with Crippen LogP contribution in [0, 0.1) is 5.92 Å². The third kappa shape index (κ3) is 4.07. The minimum atomic E-state index is -1.09. The highest BCUT2D eigenvalue weighted by Gasteiger charge is 2.52. The molecule has 0 spiro atoms. The number of carboxylic acid groups (broad SMARTS) is 1. The van der Waals surface area contributed by atoms with E-state index in [1.54, 1.807) is 6.92 Å². The maximum absolute atomic E-state index is 12.7. The highest BCUT2D eigenvalue weighted by atomic mass is 16.5. The van der Waals surface area contributed by atoms with Gasteiger partial charge in [-0.15, -0.1) is 0 Å². The number of rotatable bonds is 8. The van der Waals surface area contributed by atoms with Gasteiger partial charge in [0.05, 0.1) is 0 Å². The van der Waals surface area contributed by atoms with E-state index < -0.39 is 29.6 Å². The van der Waals surface area contributed by atoms with Crippen LogP contribution in [0.1, 0.15) is 50.2 Å². The van der Waals surface area contributed by atoms with E-state index in [-0.39, 0.29) is 18.4 Å². The average molecular weight is 437 g/mol. The van der Waals surface area contributed by atoms with Crippen molar-refractivity contribution in [1.29, 1.82) is 0 Å². The first kappa shape index (κ1) is 21.9. The number of aliphatic carboxylic acids is 1. The summed E-state index contributed by atoms with van der Waals surface area (Å²) in [7, 11) is 0. The Morgan fingerprint density at radius 1 is 1.06 bits per heavy atom. The van der Waals surface area contributed by atoms with E-state index in [0.29, 0.717) is 19.3 Å². The molecule has 1 saturated carbocycles. The fourth-order valence-corrected chi connectivity index (χ4v) is 4.33. The predicted molar refractivity (Wildman–Crippen MR) is 119 cm³/mol. The molecule has 0 aliphatic heterocycles. The molecule has 0 bridgehead atoms. The molecule has 7 nitrogen and oxygen atoms in total. The van der Waals surface area contributed by atoms with Crippen LogP contribution in [0.25, 0.3) is 11.1 Å². The number of fused-ring (bicyclic) bond motifs is 3. The lowest BCUT2D eigenvalue weighted by atomic mass is 9.98. The first-order valence-corrected chi connectivity index (χ1v) is 11.0.